The first-order valence-corrected chi connectivity index (χ1v) is 4.84. The molecule has 2 rings (SSSR count). The first-order chi connectivity index (χ1) is 7.70. The summed E-state index contributed by atoms with van der Waals surface area (Å²) in [6, 6.07) is 6.61. The van der Waals surface area contributed by atoms with Gasteiger partial charge < -0.3 is 10.3 Å². The highest BCUT2D eigenvalue weighted by Crippen LogP contribution is 2.11. The van der Waals surface area contributed by atoms with Crippen LogP contribution in [0, 0.1) is 11.3 Å². The van der Waals surface area contributed by atoms with Crippen molar-refractivity contribution in [2.75, 3.05) is 0 Å². The minimum Gasteiger partial charge on any atom is -0.345 e. The molecule has 1 heterocycles. The smallest absolute Gasteiger partial charge is 0.252 e. The lowest BCUT2D eigenvalue weighted by atomic mass is 10.2. The summed E-state index contributed by atoms with van der Waals surface area (Å²) in [5.41, 5.74) is 2.13. The van der Waals surface area contributed by atoms with Crippen molar-refractivity contribution in [3.8, 4) is 6.07 Å². The molecule has 0 saturated carbocycles. The number of nitriles is 1. The number of rotatable bonds is 2. The molecule has 5 nitrogen and oxygen atoms in total. The molecule has 0 aliphatic heterocycles. The highest BCUT2D eigenvalue weighted by atomic mass is 16.1. The Morgan fingerprint density at radius 2 is 2.44 bits per heavy atom. The highest BCUT2D eigenvalue weighted by molar-refractivity contribution is 5.97. The Hall–Kier alpha value is -2.35. The van der Waals surface area contributed by atoms with Gasteiger partial charge in [0.2, 0.25) is 0 Å². The fourth-order valence-electron chi connectivity index (χ4n) is 1.39. The van der Waals surface area contributed by atoms with Gasteiger partial charge in [-0.3, -0.25) is 4.79 Å². The fourth-order valence-corrected chi connectivity index (χ4v) is 1.39. The van der Waals surface area contributed by atoms with E-state index in [9.17, 15) is 4.79 Å². The van der Waals surface area contributed by atoms with E-state index in [2.05, 4.69) is 15.3 Å². The number of nitrogens with one attached hydrogen (secondary N) is 2. The molecule has 2 N–H and O–H groups in total. The first kappa shape index (κ1) is 10.2. The number of carbonyl (C=O) groups is 1. The van der Waals surface area contributed by atoms with Crippen molar-refractivity contribution in [2.24, 2.45) is 0 Å². The van der Waals surface area contributed by atoms with Gasteiger partial charge in [-0.2, -0.15) is 5.26 Å². The number of amides is 1. The van der Waals surface area contributed by atoms with Gasteiger partial charge in [0.25, 0.3) is 5.91 Å². The topological polar surface area (TPSA) is 81.6 Å². The number of benzene rings is 1. The average molecular weight is 214 g/mol. The summed E-state index contributed by atoms with van der Waals surface area (Å²) in [5.74, 6) is -0.259. The van der Waals surface area contributed by atoms with Crippen LogP contribution in [0.4, 0.5) is 0 Å². The Balaban J connectivity index is 2.26. The van der Waals surface area contributed by atoms with E-state index in [1.165, 1.54) is 0 Å². The van der Waals surface area contributed by atoms with E-state index in [0.29, 0.717) is 5.56 Å². The van der Waals surface area contributed by atoms with E-state index >= 15 is 0 Å². The summed E-state index contributed by atoms with van der Waals surface area (Å²) in [7, 11) is 0. The monoisotopic (exact) mass is 214 g/mol. The Morgan fingerprint density at radius 3 is 3.19 bits per heavy atom. The molecule has 0 saturated heterocycles. The largest absolute Gasteiger partial charge is 0.345 e. The molecule has 16 heavy (non-hydrogen) atoms. The van der Waals surface area contributed by atoms with E-state index in [1.807, 2.05) is 6.07 Å². The predicted molar refractivity (Wildman–Crippen MR) is 58.6 cm³/mol. The third-order valence-electron chi connectivity index (χ3n) is 2.22. The number of carbonyl (C=O) groups excluding carboxylic acids is 1. The Kier molecular flexibility index (Phi) is 2.56. The van der Waals surface area contributed by atoms with Gasteiger partial charge in [-0.1, -0.05) is 0 Å². The third kappa shape index (κ3) is 1.86. The molecule has 0 aliphatic rings. The molecule has 0 radical (unpaired) electrons. The second kappa shape index (κ2) is 4.03. The molecule has 1 aromatic heterocycles. The maximum Gasteiger partial charge on any atom is 0.252 e. The highest BCUT2D eigenvalue weighted by Gasteiger charge is 2.09. The van der Waals surface area contributed by atoms with Crippen LogP contribution < -0.4 is 5.32 Å². The van der Waals surface area contributed by atoms with Crippen LogP contribution in [0.25, 0.3) is 11.0 Å². The van der Waals surface area contributed by atoms with Crippen molar-refractivity contribution < 1.29 is 4.79 Å². The molecule has 0 bridgehead atoms. The van der Waals surface area contributed by atoms with Crippen LogP contribution in [0.1, 0.15) is 17.3 Å². The van der Waals surface area contributed by atoms with Gasteiger partial charge in [0.15, 0.2) is 0 Å². The summed E-state index contributed by atoms with van der Waals surface area (Å²) in [5, 5.41) is 11.2. The lowest BCUT2D eigenvalue weighted by Gasteiger charge is -2.05. The molecule has 0 aliphatic carbocycles. The Labute approximate surface area is 92.1 Å². The second-order valence-electron chi connectivity index (χ2n) is 3.46. The van der Waals surface area contributed by atoms with Crippen LogP contribution in [0.3, 0.4) is 0 Å². The van der Waals surface area contributed by atoms with Crippen LogP contribution in [0.2, 0.25) is 0 Å². The van der Waals surface area contributed by atoms with Gasteiger partial charge in [0, 0.05) is 5.56 Å². The molecule has 1 atom stereocenters. The zero-order chi connectivity index (χ0) is 11.5. The maximum absolute atomic E-state index is 11.7. The number of H-pyrrole nitrogens is 1. The van der Waals surface area contributed by atoms with Crippen molar-refractivity contribution in [3.05, 3.63) is 30.1 Å². The zero-order valence-corrected chi connectivity index (χ0v) is 8.69. The van der Waals surface area contributed by atoms with E-state index in [4.69, 9.17) is 5.26 Å². The SMILES string of the molecule is CC(C#N)NC(=O)c1ccc2nc[nH]c2c1. The average Bonchev–Trinajstić information content (AvgIpc) is 2.75. The molecule has 5 heteroatoms. The molecule has 80 valence electrons. The van der Waals surface area contributed by atoms with Gasteiger partial charge in [-0.25, -0.2) is 4.98 Å². The summed E-state index contributed by atoms with van der Waals surface area (Å²) >= 11 is 0. The number of nitrogens with zero attached hydrogens (tertiary/aromatic N) is 2. The summed E-state index contributed by atoms with van der Waals surface area (Å²) < 4.78 is 0. The van der Waals surface area contributed by atoms with Gasteiger partial charge in [-0.15, -0.1) is 0 Å². The quantitative estimate of drug-likeness (QED) is 0.788. The van der Waals surface area contributed by atoms with Crippen molar-refractivity contribution >= 4 is 16.9 Å². The number of aromatic nitrogens is 2. The van der Waals surface area contributed by atoms with Gasteiger partial charge in [-0.05, 0) is 25.1 Å². The van der Waals surface area contributed by atoms with E-state index in [1.54, 1.807) is 31.5 Å². The van der Waals surface area contributed by atoms with Crippen LogP contribution >= 0.6 is 0 Å². The molecule has 1 aromatic carbocycles. The fraction of sp³-hybridized carbons (Fsp3) is 0.182. The summed E-state index contributed by atoms with van der Waals surface area (Å²) in [6.07, 6.45) is 1.57. The van der Waals surface area contributed by atoms with Gasteiger partial charge in [0.05, 0.1) is 23.4 Å². The van der Waals surface area contributed by atoms with E-state index in [-0.39, 0.29) is 5.91 Å². The van der Waals surface area contributed by atoms with Crippen molar-refractivity contribution in [1.29, 1.82) is 5.26 Å². The van der Waals surface area contributed by atoms with Crippen LogP contribution in [0.5, 0.6) is 0 Å². The summed E-state index contributed by atoms with van der Waals surface area (Å²) in [6.45, 7) is 1.63. The summed E-state index contributed by atoms with van der Waals surface area (Å²) in [4.78, 5) is 18.7. The normalized spacial score (nSPS) is 12.0. The second-order valence-corrected chi connectivity index (χ2v) is 3.46. The van der Waals surface area contributed by atoms with Crippen molar-refractivity contribution in [1.82, 2.24) is 15.3 Å². The van der Waals surface area contributed by atoms with Crippen molar-refractivity contribution in [3.63, 3.8) is 0 Å². The number of fused-ring (bicyclic) bond motifs is 1. The maximum atomic E-state index is 11.7. The van der Waals surface area contributed by atoms with Gasteiger partial charge in [0.1, 0.15) is 6.04 Å². The van der Waals surface area contributed by atoms with Crippen molar-refractivity contribution in [2.45, 2.75) is 13.0 Å². The molecule has 2 aromatic rings. The number of hydrogen-bond acceptors (Lipinski definition) is 3. The van der Waals surface area contributed by atoms with Crippen LogP contribution in [-0.2, 0) is 0 Å². The Bertz CT molecular complexity index is 567. The minimum absolute atomic E-state index is 0.259. The number of aromatic amines is 1. The Morgan fingerprint density at radius 1 is 1.62 bits per heavy atom. The molecule has 0 fully saturated rings. The van der Waals surface area contributed by atoms with E-state index in [0.717, 1.165) is 11.0 Å². The molecular formula is C11H10N4O. The lowest BCUT2D eigenvalue weighted by molar-refractivity contribution is 0.0948. The predicted octanol–water partition coefficient (Wildman–Crippen LogP) is 1.20. The number of imidazole rings is 1. The standard InChI is InChI=1S/C11H10N4O/c1-7(5-12)15-11(16)8-2-3-9-10(4-8)14-6-13-9/h2-4,6-7H,1H3,(H,13,14)(H,15,16). The van der Waals surface area contributed by atoms with Crippen LogP contribution in [-0.4, -0.2) is 21.9 Å². The van der Waals surface area contributed by atoms with Crippen LogP contribution in [0.15, 0.2) is 24.5 Å². The molecule has 0 spiro atoms. The van der Waals surface area contributed by atoms with Gasteiger partial charge >= 0.3 is 0 Å². The molecule has 1 unspecified atom stereocenters. The molecule has 1 amide bonds. The zero-order valence-electron chi connectivity index (χ0n) is 8.69. The lowest BCUT2D eigenvalue weighted by Crippen LogP contribution is -2.31. The number of hydrogen-bond donors (Lipinski definition) is 2. The molecular weight excluding hydrogens is 204 g/mol. The minimum atomic E-state index is -0.495. The van der Waals surface area contributed by atoms with E-state index < -0.39 is 6.04 Å². The first-order valence-electron chi connectivity index (χ1n) is 4.84. The third-order valence-corrected chi connectivity index (χ3v) is 2.22.